The summed E-state index contributed by atoms with van der Waals surface area (Å²) in [4.78, 5) is 24.2. The molecule has 0 bridgehead atoms. The molecule has 0 aliphatic heterocycles. The average Bonchev–Trinajstić information content (AvgIpc) is 2.47. The highest BCUT2D eigenvalue weighted by Gasteiger charge is 2.26. The van der Waals surface area contributed by atoms with E-state index >= 15 is 0 Å². The molecule has 0 rings (SSSR count). The maximum Gasteiger partial charge on any atom is 0.349 e. The molecule has 0 fully saturated rings. The second kappa shape index (κ2) is 12.2. The standard InChI is InChI=1S/C16H28O5/c1-5-9-11-20-15(17)14(13(7-3)19-8-4)16(18)21-12-10-6-2/h5-12H2,1-4H3. The minimum absolute atomic E-state index is 0.105. The quantitative estimate of drug-likeness (QED) is 0.146. The molecule has 0 atom stereocenters. The molecule has 0 spiro atoms. The van der Waals surface area contributed by atoms with Crippen LogP contribution in [0, 0.1) is 0 Å². The van der Waals surface area contributed by atoms with E-state index < -0.39 is 11.9 Å². The first-order valence-corrected chi connectivity index (χ1v) is 7.82. The molecule has 21 heavy (non-hydrogen) atoms. The maximum atomic E-state index is 12.1. The van der Waals surface area contributed by atoms with E-state index in [2.05, 4.69) is 0 Å². The predicted octanol–water partition coefficient (Wildman–Crippen LogP) is 3.37. The van der Waals surface area contributed by atoms with Gasteiger partial charge in [-0.2, -0.15) is 0 Å². The molecule has 0 amide bonds. The van der Waals surface area contributed by atoms with E-state index in [0.717, 1.165) is 25.7 Å². The summed E-state index contributed by atoms with van der Waals surface area (Å²) < 4.78 is 15.6. The largest absolute Gasteiger partial charge is 0.497 e. The van der Waals surface area contributed by atoms with Crippen LogP contribution >= 0.6 is 0 Å². The molecule has 0 unspecified atom stereocenters. The monoisotopic (exact) mass is 300 g/mol. The van der Waals surface area contributed by atoms with Gasteiger partial charge in [-0.25, -0.2) is 9.59 Å². The molecule has 0 heterocycles. The van der Waals surface area contributed by atoms with Crippen molar-refractivity contribution in [3.63, 3.8) is 0 Å². The fourth-order valence-electron chi connectivity index (χ4n) is 1.60. The molecule has 0 aliphatic rings. The van der Waals surface area contributed by atoms with E-state index in [1.165, 1.54) is 0 Å². The lowest BCUT2D eigenvalue weighted by Gasteiger charge is -2.13. The second-order valence-corrected chi connectivity index (χ2v) is 4.56. The lowest BCUT2D eigenvalue weighted by molar-refractivity contribution is -0.147. The van der Waals surface area contributed by atoms with Crippen molar-refractivity contribution < 1.29 is 23.8 Å². The molecule has 0 aliphatic carbocycles. The number of ether oxygens (including phenoxy) is 3. The summed E-state index contributed by atoms with van der Waals surface area (Å²) in [5, 5.41) is 0. The minimum atomic E-state index is -0.657. The summed E-state index contributed by atoms with van der Waals surface area (Å²) in [5.74, 6) is -0.981. The van der Waals surface area contributed by atoms with Crippen LogP contribution in [-0.4, -0.2) is 31.8 Å². The average molecular weight is 300 g/mol. The molecule has 0 radical (unpaired) electrons. The predicted molar refractivity (Wildman–Crippen MR) is 80.7 cm³/mol. The topological polar surface area (TPSA) is 61.8 Å². The van der Waals surface area contributed by atoms with Crippen LogP contribution in [0.2, 0.25) is 0 Å². The molecule has 0 aromatic heterocycles. The van der Waals surface area contributed by atoms with Crippen LogP contribution in [0.1, 0.15) is 59.8 Å². The van der Waals surface area contributed by atoms with E-state index in [0.29, 0.717) is 32.0 Å². The SMILES string of the molecule is CCCCOC(=O)C(C(=O)OCCCC)=C(CC)OCC. The zero-order valence-electron chi connectivity index (χ0n) is 13.7. The van der Waals surface area contributed by atoms with Crippen molar-refractivity contribution in [1.29, 1.82) is 0 Å². The van der Waals surface area contributed by atoms with E-state index in [4.69, 9.17) is 14.2 Å². The van der Waals surface area contributed by atoms with Crippen LogP contribution < -0.4 is 0 Å². The van der Waals surface area contributed by atoms with Gasteiger partial charge in [0.05, 0.1) is 19.8 Å². The summed E-state index contributed by atoms with van der Waals surface area (Å²) >= 11 is 0. The van der Waals surface area contributed by atoms with Gasteiger partial charge in [0.2, 0.25) is 0 Å². The molecule has 0 N–H and O–H groups in total. The number of carbonyl (C=O) groups is 2. The van der Waals surface area contributed by atoms with Gasteiger partial charge in [-0.15, -0.1) is 0 Å². The Morgan fingerprint density at radius 3 is 1.57 bits per heavy atom. The Labute approximate surface area is 127 Å². The number of hydrogen-bond donors (Lipinski definition) is 0. The Morgan fingerprint density at radius 1 is 0.762 bits per heavy atom. The number of rotatable bonds is 11. The molecule has 0 saturated heterocycles. The smallest absolute Gasteiger partial charge is 0.349 e. The van der Waals surface area contributed by atoms with Gasteiger partial charge in [0.1, 0.15) is 5.76 Å². The van der Waals surface area contributed by atoms with Crippen LogP contribution in [-0.2, 0) is 23.8 Å². The van der Waals surface area contributed by atoms with Crippen molar-refractivity contribution in [2.45, 2.75) is 59.8 Å². The highest BCUT2D eigenvalue weighted by Crippen LogP contribution is 2.15. The molecule has 0 saturated carbocycles. The van der Waals surface area contributed by atoms with Gasteiger partial charge in [-0.05, 0) is 19.8 Å². The van der Waals surface area contributed by atoms with Crippen LogP contribution in [0.5, 0.6) is 0 Å². The second-order valence-electron chi connectivity index (χ2n) is 4.56. The van der Waals surface area contributed by atoms with Crippen LogP contribution in [0.4, 0.5) is 0 Å². The Hall–Kier alpha value is -1.52. The van der Waals surface area contributed by atoms with Crippen LogP contribution in [0.25, 0.3) is 0 Å². The summed E-state index contributed by atoms with van der Waals surface area (Å²) in [6.45, 7) is 8.61. The summed E-state index contributed by atoms with van der Waals surface area (Å²) in [7, 11) is 0. The summed E-state index contributed by atoms with van der Waals surface area (Å²) in [6.07, 6.45) is 3.80. The van der Waals surface area contributed by atoms with E-state index in [-0.39, 0.29) is 5.57 Å². The van der Waals surface area contributed by atoms with Gasteiger partial charge >= 0.3 is 11.9 Å². The van der Waals surface area contributed by atoms with Gasteiger partial charge in [0.15, 0.2) is 5.57 Å². The lowest BCUT2D eigenvalue weighted by atomic mass is 10.2. The number of esters is 2. The van der Waals surface area contributed by atoms with Crippen molar-refractivity contribution >= 4 is 11.9 Å². The van der Waals surface area contributed by atoms with Crippen LogP contribution in [0.3, 0.4) is 0 Å². The van der Waals surface area contributed by atoms with Crippen molar-refractivity contribution in [3.8, 4) is 0 Å². The third-order valence-electron chi connectivity index (χ3n) is 2.79. The van der Waals surface area contributed by atoms with Gasteiger partial charge in [0, 0.05) is 6.42 Å². The summed E-state index contributed by atoms with van der Waals surface area (Å²) in [6, 6.07) is 0. The molecule has 5 heteroatoms. The van der Waals surface area contributed by atoms with Crippen molar-refractivity contribution in [2.24, 2.45) is 0 Å². The molecule has 5 nitrogen and oxygen atoms in total. The lowest BCUT2D eigenvalue weighted by Crippen LogP contribution is -2.22. The fraction of sp³-hybridized carbons (Fsp3) is 0.750. The summed E-state index contributed by atoms with van der Waals surface area (Å²) in [5.41, 5.74) is -0.105. The first-order chi connectivity index (χ1) is 10.1. The zero-order valence-corrected chi connectivity index (χ0v) is 13.7. The van der Waals surface area contributed by atoms with E-state index in [1.807, 2.05) is 20.8 Å². The fourth-order valence-corrected chi connectivity index (χ4v) is 1.60. The normalized spacial score (nSPS) is 9.90. The van der Waals surface area contributed by atoms with E-state index in [1.54, 1.807) is 6.92 Å². The first kappa shape index (κ1) is 19.5. The molecular formula is C16H28O5. The zero-order chi connectivity index (χ0) is 16.1. The van der Waals surface area contributed by atoms with Gasteiger partial charge in [0.25, 0.3) is 0 Å². The Balaban J connectivity index is 4.98. The van der Waals surface area contributed by atoms with Crippen molar-refractivity contribution in [1.82, 2.24) is 0 Å². The third kappa shape index (κ3) is 7.73. The number of carbonyl (C=O) groups excluding carboxylic acids is 2. The van der Waals surface area contributed by atoms with E-state index in [9.17, 15) is 9.59 Å². The van der Waals surface area contributed by atoms with Crippen LogP contribution in [0.15, 0.2) is 11.3 Å². The van der Waals surface area contributed by atoms with Gasteiger partial charge < -0.3 is 14.2 Å². The van der Waals surface area contributed by atoms with Crippen molar-refractivity contribution in [3.05, 3.63) is 11.3 Å². The number of unbranched alkanes of at least 4 members (excludes halogenated alkanes) is 2. The minimum Gasteiger partial charge on any atom is -0.497 e. The number of hydrogen-bond acceptors (Lipinski definition) is 5. The first-order valence-electron chi connectivity index (χ1n) is 7.82. The molecule has 0 aromatic rings. The van der Waals surface area contributed by atoms with Crippen molar-refractivity contribution in [2.75, 3.05) is 19.8 Å². The maximum absolute atomic E-state index is 12.1. The Bertz CT molecular complexity index is 323. The van der Waals surface area contributed by atoms with Gasteiger partial charge in [-0.1, -0.05) is 33.6 Å². The molecule has 0 aromatic carbocycles. The molecular weight excluding hydrogens is 272 g/mol. The number of allylic oxidation sites excluding steroid dienone is 1. The highest BCUT2D eigenvalue weighted by molar-refractivity contribution is 6.14. The van der Waals surface area contributed by atoms with Gasteiger partial charge in [-0.3, -0.25) is 0 Å². The molecule has 122 valence electrons. The Morgan fingerprint density at radius 2 is 1.24 bits per heavy atom. The highest BCUT2D eigenvalue weighted by atomic mass is 16.6. The Kier molecular flexibility index (Phi) is 11.4. The third-order valence-corrected chi connectivity index (χ3v) is 2.79.